The molecule has 2 aromatic rings. The molecule has 0 saturated carbocycles. The van der Waals surface area contributed by atoms with Gasteiger partial charge in [0, 0.05) is 30.5 Å². The van der Waals surface area contributed by atoms with Crippen LogP contribution in [0.4, 0.5) is 5.82 Å². The van der Waals surface area contributed by atoms with Gasteiger partial charge < -0.3 is 15.7 Å². The number of nitrogen functional groups attached to an aromatic ring is 1. The maximum absolute atomic E-state index is 12.7. The van der Waals surface area contributed by atoms with Crippen LogP contribution in [0.5, 0.6) is 0 Å². The number of hydrogen-bond donors (Lipinski definition) is 2. The molecule has 3 rings (SSSR count). The lowest BCUT2D eigenvalue weighted by Gasteiger charge is -2.32. The first-order valence-electron chi connectivity index (χ1n) is 8.96. The monoisotopic (exact) mass is 420 g/mol. The lowest BCUT2D eigenvalue weighted by atomic mass is 9.99. The summed E-state index contributed by atoms with van der Waals surface area (Å²) >= 11 is 0. The minimum absolute atomic E-state index is 0.00421. The molecule has 0 aliphatic carbocycles. The fourth-order valence-corrected chi connectivity index (χ4v) is 4.43. The highest BCUT2D eigenvalue weighted by Crippen LogP contribution is 2.22. The molecule has 1 unspecified atom stereocenters. The number of benzene rings is 1. The highest BCUT2D eigenvalue weighted by atomic mass is 32.2. The molecular weight excluding hydrogens is 396 g/mol. The number of rotatable bonds is 4. The van der Waals surface area contributed by atoms with Crippen molar-refractivity contribution in [2.45, 2.75) is 12.8 Å². The van der Waals surface area contributed by atoms with Crippen molar-refractivity contribution in [3.8, 4) is 11.3 Å². The number of anilines is 1. The van der Waals surface area contributed by atoms with E-state index in [9.17, 15) is 13.2 Å². The number of piperidine rings is 1. The van der Waals surface area contributed by atoms with E-state index in [2.05, 4.69) is 9.97 Å². The van der Waals surface area contributed by atoms with E-state index in [1.165, 1.54) is 12.5 Å². The number of nitrogens with zero attached hydrogens (tertiary/aromatic N) is 3. The van der Waals surface area contributed by atoms with E-state index >= 15 is 0 Å². The summed E-state index contributed by atoms with van der Waals surface area (Å²) in [5, 5.41) is 6.89. The molecule has 156 valence electrons. The SMILES string of the molecule is CS(=O)(=O)CC1CCCN(C(=O)c2ccc(-c3cncc(N)n3)cc2)C1.O=CO. The zero-order valence-electron chi connectivity index (χ0n) is 16.1. The van der Waals surface area contributed by atoms with Crippen molar-refractivity contribution < 1.29 is 23.1 Å². The topological polar surface area (TPSA) is 144 Å². The molecule has 1 amide bonds. The Morgan fingerprint density at radius 1 is 1.31 bits per heavy atom. The molecule has 10 heteroatoms. The first-order chi connectivity index (χ1) is 13.7. The van der Waals surface area contributed by atoms with Gasteiger partial charge in [-0.2, -0.15) is 0 Å². The van der Waals surface area contributed by atoms with Gasteiger partial charge in [0.05, 0.1) is 23.8 Å². The van der Waals surface area contributed by atoms with Crippen LogP contribution in [-0.4, -0.2) is 65.9 Å². The molecule has 0 bridgehead atoms. The number of carbonyl (C=O) groups is 2. The molecule has 1 aromatic heterocycles. The molecule has 1 saturated heterocycles. The van der Waals surface area contributed by atoms with Gasteiger partial charge in [0.2, 0.25) is 0 Å². The van der Waals surface area contributed by atoms with Crippen molar-refractivity contribution in [1.82, 2.24) is 14.9 Å². The van der Waals surface area contributed by atoms with E-state index in [0.29, 0.717) is 30.2 Å². The van der Waals surface area contributed by atoms with Crippen LogP contribution in [0.15, 0.2) is 36.7 Å². The average Bonchev–Trinajstić information content (AvgIpc) is 2.67. The van der Waals surface area contributed by atoms with Gasteiger partial charge in [0.1, 0.15) is 15.7 Å². The summed E-state index contributed by atoms with van der Waals surface area (Å²) in [6, 6.07) is 7.13. The fraction of sp³-hybridized carbons (Fsp3) is 0.368. The van der Waals surface area contributed by atoms with E-state index < -0.39 is 9.84 Å². The molecule has 1 aliphatic rings. The Kier molecular flexibility index (Phi) is 7.66. The number of aromatic nitrogens is 2. The number of likely N-dealkylation sites (tertiary alicyclic amines) is 1. The Bertz CT molecular complexity index is 947. The summed E-state index contributed by atoms with van der Waals surface area (Å²) in [5.41, 5.74) is 7.70. The second kappa shape index (κ2) is 9.97. The Morgan fingerprint density at radius 2 is 1.97 bits per heavy atom. The maximum Gasteiger partial charge on any atom is 0.290 e. The molecule has 29 heavy (non-hydrogen) atoms. The summed E-state index contributed by atoms with van der Waals surface area (Å²) in [7, 11) is -3.04. The molecular formula is C19H24N4O5S. The predicted molar refractivity (Wildman–Crippen MR) is 109 cm³/mol. The normalized spacial score (nSPS) is 16.4. The van der Waals surface area contributed by atoms with Crippen LogP contribution in [0.2, 0.25) is 0 Å². The van der Waals surface area contributed by atoms with E-state index in [1.54, 1.807) is 23.2 Å². The lowest BCUT2D eigenvalue weighted by molar-refractivity contribution is -0.122. The van der Waals surface area contributed by atoms with Gasteiger partial charge in [-0.3, -0.25) is 14.6 Å². The van der Waals surface area contributed by atoms with Gasteiger partial charge in [0.15, 0.2) is 0 Å². The van der Waals surface area contributed by atoms with Gasteiger partial charge in [-0.05, 0) is 30.9 Å². The van der Waals surface area contributed by atoms with E-state index in [-0.39, 0.29) is 24.1 Å². The van der Waals surface area contributed by atoms with Crippen molar-refractivity contribution >= 4 is 28.0 Å². The van der Waals surface area contributed by atoms with Crippen LogP contribution in [0.1, 0.15) is 23.2 Å². The molecule has 1 fully saturated rings. The number of carbonyl (C=O) groups excluding carboxylic acids is 1. The molecule has 3 N–H and O–H groups in total. The Morgan fingerprint density at radius 3 is 2.55 bits per heavy atom. The van der Waals surface area contributed by atoms with Gasteiger partial charge >= 0.3 is 0 Å². The van der Waals surface area contributed by atoms with Gasteiger partial charge in [-0.15, -0.1) is 0 Å². The zero-order valence-corrected chi connectivity index (χ0v) is 16.9. The number of carboxylic acid groups (broad SMARTS) is 1. The third-order valence-corrected chi connectivity index (χ3v) is 5.50. The number of nitrogens with two attached hydrogens (primary N) is 1. The van der Waals surface area contributed by atoms with Crippen molar-refractivity contribution in [1.29, 1.82) is 0 Å². The van der Waals surface area contributed by atoms with Crippen molar-refractivity contribution in [2.75, 3.05) is 30.8 Å². The standard InChI is InChI=1S/C18H22N4O3S.CH2O2/c1-26(24,25)12-13-3-2-8-22(11-13)18(23)15-6-4-14(5-7-15)16-9-20-10-17(19)21-16;2-1-3/h4-7,9-10,13H,2-3,8,11-12H2,1H3,(H2,19,21);1H,(H,2,3). The van der Waals surface area contributed by atoms with Crippen LogP contribution >= 0.6 is 0 Å². The third kappa shape index (κ3) is 6.83. The van der Waals surface area contributed by atoms with Gasteiger partial charge in [-0.25, -0.2) is 13.4 Å². The second-order valence-corrected chi connectivity index (χ2v) is 9.05. The van der Waals surface area contributed by atoms with E-state index in [4.69, 9.17) is 15.6 Å². The molecule has 1 aliphatic heterocycles. The van der Waals surface area contributed by atoms with Crippen molar-refractivity contribution in [2.24, 2.45) is 5.92 Å². The summed E-state index contributed by atoms with van der Waals surface area (Å²) in [4.78, 5) is 31.1. The second-order valence-electron chi connectivity index (χ2n) is 6.86. The Labute approximate surface area is 169 Å². The number of amides is 1. The molecule has 0 radical (unpaired) electrons. The van der Waals surface area contributed by atoms with Crippen molar-refractivity contribution in [3.05, 3.63) is 42.2 Å². The van der Waals surface area contributed by atoms with E-state index in [0.717, 1.165) is 18.4 Å². The first kappa shape index (κ1) is 22.3. The van der Waals surface area contributed by atoms with Crippen molar-refractivity contribution in [3.63, 3.8) is 0 Å². The average molecular weight is 420 g/mol. The summed E-state index contributed by atoms with van der Waals surface area (Å²) in [6.07, 6.45) is 6.00. The van der Waals surface area contributed by atoms with Crippen LogP contribution in [0.3, 0.4) is 0 Å². The van der Waals surface area contributed by atoms with E-state index in [1.807, 2.05) is 12.1 Å². The van der Waals surface area contributed by atoms with Crippen LogP contribution in [0.25, 0.3) is 11.3 Å². The summed E-state index contributed by atoms with van der Waals surface area (Å²) < 4.78 is 23.0. The van der Waals surface area contributed by atoms with Gasteiger partial charge in [-0.1, -0.05) is 12.1 Å². The quantitative estimate of drug-likeness (QED) is 0.705. The predicted octanol–water partition coefficient (Wildman–Crippen LogP) is 1.32. The summed E-state index contributed by atoms with van der Waals surface area (Å²) in [5.74, 6) is 0.398. The smallest absolute Gasteiger partial charge is 0.290 e. The Balaban J connectivity index is 0.000000941. The maximum atomic E-state index is 12.7. The largest absolute Gasteiger partial charge is 0.483 e. The Hall–Kier alpha value is -3.01. The summed E-state index contributed by atoms with van der Waals surface area (Å²) in [6.45, 7) is 0.885. The minimum Gasteiger partial charge on any atom is -0.483 e. The number of sulfone groups is 1. The third-order valence-electron chi connectivity index (χ3n) is 4.43. The van der Waals surface area contributed by atoms with Crippen LogP contribution < -0.4 is 5.73 Å². The zero-order chi connectivity index (χ0) is 21.4. The molecule has 0 spiro atoms. The minimum atomic E-state index is -3.04. The molecule has 9 nitrogen and oxygen atoms in total. The number of hydrogen-bond acceptors (Lipinski definition) is 7. The molecule has 1 aromatic carbocycles. The first-order valence-corrected chi connectivity index (χ1v) is 11.0. The fourth-order valence-electron chi connectivity index (χ4n) is 3.30. The van der Waals surface area contributed by atoms with Crippen LogP contribution in [0, 0.1) is 5.92 Å². The molecule has 2 heterocycles. The highest BCUT2D eigenvalue weighted by Gasteiger charge is 2.26. The lowest BCUT2D eigenvalue weighted by Crippen LogP contribution is -2.41. The highest BCUT2D eigenvalue weighted by molar-refractivity contribution is 7.90. The van der Waals surface area contributed by atoms with Crippen LogP contribution in [-0.2, 0) is 14.6 Å². The van der Waals surface area contributed by atoms with Gasteiger partial charge in [0.25, 0.3) is 12.4 Å². The molecule has 1 atom stereocenters.